The largest absolute Gasteiger partial charge is 0.467 e. The van der Waals surface area contributed by atoms with E-state index in [1.54, 1.807) is 23.1 Å². The van der Waals surface area contributed by atoms with Gasteiger partial charge in [-0.05, 0) is 71.1 Å². The second-order valence-corrected chi connectivity index (χ2v) is 8.68. The van der Waals surface area contributed by atoms with Gasteiger partial charge in [-0.2, -0.15) is 0 Å². The van der Waals surface area contributed by atoms with Gasteiger partial charge >= 0.3 is 12.0 Å². The maximum atomic E-state index is 13.0. The molecule has 0 saturated heterocycles. The van der Waals surface area contributed by atoms with Crippen molar-refractivity contribution in [3.8, 4) is 11.1 Å². The highest BCUT2D eigenvalue weighted by Gasteiger charge is 2.38. The highest BCUT2D eigenvalue weighted by molar-refractivity contribution is 6.01. The number of anilines is 2. The van der Waals surface area contributed by atoms with Crippen LogP contribution in [0.25, 0.3) is 11.1 Å². The monoisotopic (exact) mass is 475 g/mol. The molecule has 0 fully saturated rings. The minimum Gasteiger partial charge on any atom is -0.467 e. The highest BCUT2D eigenvalue weighted by atomic mass is 19.1. The summed E-state index contributed by atoms with van der Waals surface area (Å²) in [5.74, 6) is -1.06. The molecule has 180 valence electrons. The fraction of sp³-hybridized carbons (Fsp3) is 0.222. The molecule has 4 rings (SSSR count). The molecule has 1 aliphatic heterocycles. The van der Waals surface area contributed by atoms with Crippen molar-refractivity contribution in [3.63, 3.8) is 0 Å². The normalized spacial score (nSPS) is 13.4. The Morgan fingerprint density at radius 1 is 0.914 bits per heavy atom. The molecule has 3 amide bonds. The number of urea groups is 1. The van der Waals surface area contributed by atoms with Crippen LogP contribution in [0.5, 0.6) is 0 Å². The van der Waals surface area contributed by atoms with Gasteiger partial charge in [0.05, 0.1) is 7.11 Å². The average Bonchev–Trinajstić information content (AvgIpc) is 3.16. The predicted molar refractivity (Wildman–Crippen MR) is 131 cm³/mol. The van der Waals surface area contributed by atoms with Gasteiger partial charge in [0.25, 0.3) is 5.91 Å². The van der Waals surface area contributed by atoms with Gasteiger partial charge in [0.15, 0.2) is 0 Å². The molecule has 35 heavy (non-hydrogen) atoms. The number of methoxy groups -OCH3 is 1. The van der Waals surface area contributed by atoms with Crippen LogP contribution >= 0.6 is 0 Å². The summed E-state index contributed by atoms with van der Waals surface area (Å²) in [6.07, 6.45) is 0. The van der Waals surface area contributed by atoms with Crippen molar-refractivity contribution in [1.82, 2.24) is 4.90 Å². The standard InChI is InChI=1S/C27H26FN3O4/c1-16(2)24(26(33)35-3)31-15-19-14-18(6-13-23(19)25(31)32)17-4-9-21(10-5-17)29-27(34)30-22-11-7-20(28)8-12-22/h4-14,16,24H,15H2,1-3H3,(H2,29,30,34)/t24-/m0/s1. The summed E-state index contributed by atoms with van der Waals surface area (Å²) in [6, 6.07) is 17.3. The van der Waals surface area contributed by atoms with Gasteiger partial charge in [-0.1, -0.05) is 32.0 Å². The number of hydrogen-bond donors (Lipinski definition) is 2. The van der Waals surface area contributed by atoms with E-state index >= 15 is 0 Å². The second-order valence-electron chi connectivity index (χ2n) is 8.68. The number of benzene rings is 3. The molecule has 8 heteroatoms. The zero-order chi connectivity index (χ0) is 25.1. The summed E-state index contributed by atoms with van der Waals surface area (Å²) in [5.41, 5.74) is 4.33. The van der Waals surface area contributed by atoms with Gasteiger partial charge in [-0.15, -0.1) is 0 Å². The van der Waals surface area contributed by atoms with Crippen molar-refractivity contribution in [1.29, 1.82) is 0 Å². The Kier molecular flexibility index (Phi) is 6.82. The molecule has 2 N–H and O–H groups in total. The maximum absolute atomic E-state index is 13.0. The summed E-state index contributed by atoms with van der Waals surface area (Å²) < 4.78 is 17.9. The zero-order valence-corrected chi connectivity index (χ0v) is 19.7. The van der Waals surface area contributed by atoms with E-state index in [1.165, 1.54) is 31.4 Å². The Morgan fingerprint density at radius 2 is 1.49 bits per heavy atom. The lowest BCUT2D eigenvalue weighted by Crippen LogP contribution is -2.45. The van der Waals surface area contributed by atoms with Crippen LogP contribution in [-0.2, 0) is 16.1 Å². The van der Waals surface area contributed by atoms with E-state index in [0.29, 0.717) is 23.5 Å². The number of halogens is 1. The van der Waals surface area contributed by atoms with Crippen molar-refractivity contribution in [2.45, 2.75) is 26.4 Å². The Balaban J connectivity index is 1.46. The van der Waals surface area contributed by atoms with Crippen molar-refractivity contribution >= 4 is 29.3 Å². The van der Waals surface area contributed by atoms with Gasteiger partial charge in [-0.25, -0.2) is 14.0 Å². The molecule has 0 unspecified atom stereocenters. The molecule has 1 aliphatic rings. The number of fused-ring (bicyclic) bond motifs is 1. The van der Waals surface area contributed by atoms with Gasteiger partial charge in [-0.3, -0.25) is 4.79 Å². The Labute approximate surface area is 202 Å². The third-order valence-corrected chi connectivity index (χ3v) is 5.93. The molecular weight excluding hydrogens is 449 g/mol. The number of nitrogens with one attached hydrogen (secondary N) is 2. The molecule has 3 aromatic carbocycles. The minimum absolute atomic E-state index is 0.0829. The summed E-state index contributed by atoms with van der Waals surface area (Å²) in [6.45, 7) is 4.11. The first-order chi connectivity index (χ1) is 16.8. The molecule has 3 aromatic rings. The van der Waals surface area contributed by atoms with Crippen LogP contribution in [-0.4, -0.2) is 36.0 Å². The lowest BCUT2D eigenvalue weighted by atomic mass is 10.0. The van der Waals surface area contributed by atoms with E-state index in [0.717, 1.165) is 16.7 Å². The minimum atomic E-state index is -0.644. The number of esters is 1. The van der Waals surface area contributed by atoms with Crippen LogP contribution in [0.3, 0.4) is 0 Å². The van der Waals surface area contributed by atoms with Crippen LogP contribution in [0.15, 0.2) is 66.7 Å². The zero-order valence-electron chi connectivity index (χ0n) is 19.7. The fourth-order valence-corrected chi connectivity index (χ4v) is 4.20. The number of nitrogens with zero attached hydrogens (tertiary/aromatic N) is 1. The van der Waals surface area contributed by atoms with E-state index < -0.39 is 18.0 Å². The van der Waals surface area contributed by atoms with Crippen LogP contribution in [0.1, 0.15) is 29.8 Å². The van der Waals surface area contributed by atoms with E-state index in [-0.39, 0.29) is 17.6 Å². The summed E-state index contributed by atoms with van der Waals surface area (Å²) in [4.78, 5) is 39.0. The van der Waals surface area contributed by atoms with Crippen molar-refractivity contribution < 1.29 is 23.5 Å². The SMILES string of the molecule is COC(=O)[C@H](C(C)C)N1Cc2cc(-c3ccc(NC(=O)Nc4ccc(F)cc4)cc3)ccc2C1=O. The average molecular weight is 476 g/mol. The van der Waals surface area contributed by atoms with Gasteiger partial charge in [0.1, 0.15) is 11.9 Å². The van der Waals surface area contributed by atoms with Crippen LogP contribution in [0, 0.1) is 11.7 Å². The van der Waals surface area contributed by atoms with E-state index in [4.69, 9.17) is 4.74 Å². The van der Waals surface area contributed by atoms with Gasteiger partial charge in [0, 0.05) is 23.5 Å². The summed E-state index contributed by atoms with van der Waals surface area (Å²) in [7, 11) is 1.33. The number of carbonyl (C=O) groups excluding carboxylic acids is 3. The molecule has 1 heterocycles. The molecular formula is C27H26FN3O4. The van der Waals surface area contributed by atoms with E-state index in [2.05, 4.69) is 10.6 Å². The van der Waals surface area contributed by atoms with E-state index in [9.17, 15) is 18.8 Å². The first-order valence-electron chi connectivity index (χ1n) is 11.2. The second kappa shape index (κ2) is 9.97. The molecule has 0 bridgehead atoms. The lowest BCUT2D eigenvalue weighted by Gasteiger charge is -2.28. The highest BCUT2D eigenvalue weighted by Crippen LogP contribution is 2.32. The van der Waals surface area contributed by atoms with Crippen LogP contribution in [0.2, 0.25) is 0 Å². The molecule has 7 nitrogen and oxygen atoms in total. The van der Waals surface area contributed by atoms with Gasteiger partial charge in [0.2, 0.25) is 0 Å². The van der Waals surface area contributed by atoms with Crippen molar-refractivity contribution in [3.05, 3.63) is 83.7 Å². The Morgan fingerprint density at radius 3 is 2.06 bits per heavy atom. The lowest BCUT2D eigenvalue weighted by molar-refractivity contribution is -0.147. The molecule has 0 aliphatic carbocycles. The molecule has 0 saturated carbocycles. The summed E-state index contributed by atoms with van der Waals surface area (Å²) >= 11 is 0. The number of amides is 3. The predicted octanol–water partition coefficient (Wildman–Crippen LogP) is 5.29. The van der Waals surface area contributed by atoms with Gasteiger partial charge < -0.3 is 20.3 Å². The topological polar surface area (TPSA) is 87.7 Å². The maximum Gasteiger partial charge on any atom is 0.328 e. The Hall–Kier alpha value is -4.20. The summed E-state index contributed by atoms with van der Waals surface area (Å²) in [5, 5.41) is 5.38. The Bertz CT molecular complexity index is 1260. The smallest absolute Gasteiger partial charge is 0.328 e. The van der Waals surface area contributed by atoms with Crippen LogP contribution < -0.4 is 10.6 Å². The van der Waals surface area contributed by atoms with Crippen LogP contribution in [0.4, 0.5) is 20.6 Å². The molecule has 1 atom stereocenters. The van der Waals surface area contributed by atoms with E-state index in [1.807, 2.05) is 38.1 Å². The number of hydrogen-bond acceptors (Lipinski definition) is 4. The number of carbonyl (C=O) groups is 3. The quantitative estimate of drug-likeness (QED) is 0.474. The number of ether oxygens (including phenoxy) is 1. The van der Waals surface area contributed by atoms with Crippen molar-refractivity contribution in [2.24, 2.45) is 5.92 Å². The number of rotatable bonds is 6. The first-order valence-corrected chi connectivity index (χ1v) is 11.2. The third kappa shape index (κ3) is 5.16. The molecule has 0 radical (unpaired) electrons. The fourth-order valence-electron chi connectivity index (χ4n) is 4.20. The first kappa shape index (κ1) is 23.9. The molecule has 0 spiro atoms. The van der Waals surface area contributed by atoms with Crippen molar-refractivity contribution in [2.75, 3.05) is 17.7 Å². The third-order valence-electron chi connectivity index (χ3n) is 5.93. The molecule has 0 aromatic heterocycles.